The van der Waals surface area contributed by atoms with Crippen LogP contribution >= 0.6 is 11.8 Å². The van der Waals surface area contributed by atoms with Crippen LogP contribution in [-0.4, -0.2) is 53.5 Å². The zero-order valence-electron chi connectivity index (χ0n) is 10.3. The maximum Gasteiger partial charge on any atom is 0.252 e. The fraction of sp³-hybridized carbons (Fsp3) is 0.500. The Labute approximate surface area is 111 Å². The Hall–Kier alpha value is -1.27. The van der Waals surface area contributed by atoms with Gasteiger partial charge in [-0.3, -0.25) is 9.69 Å². The number of hydrogen-bond acceptors (Lipinski definition) is 5. The summed E-state index contributed by atoms with van der Waals surface area (Å²) < 4.78 is 0. The van der Waals surface area contributed by atoms with Gasteiger partial charge in [0, 0.05) is 43.9 Å². The largest absolute Gasteiger partial charge is 0.384 e. The highest BCUT2D eigenvalue weighted by Crippen LogP contribution is 2.08. The van der Waals surface area contributed by atoms with Gasteiger partial charge >= 0.3 is 0 Å². The Morgan fingerprint density at radius 1 is 1.44 bits per heavy atom. The van der Waals surface area contributed by atoms with Crippen LogP contribution in [0.5, 0.6) is 0 Å². The molecule has 2 heterocycles. The van der Waals surface area contributed by atoms with Gasteiger partial charge in [-0.1, -0.05) is 0 Å². The fourth-order valence-electron chi connectivity index (χ4n) is 1.79. The fourth-order valence-corrected chi connectivity index (χ4v) is 2.77. The average Bonchev–Trinajstić information content (AvgIpc) is 2.40. The Bertz CT molecular complexity index is 390. The highest BCUT2D eigenvalue weighted by Gasteiger charge is 2.10. The van der Waals surface area contributed by atoms with Crippen LogP contribution in [0, 0.1) is 0 Å². The predicted molar refractivity (Wildman–Crippen MR) is 74.7 cm³/mol. The van der Waals surface area contributed by atoms with Crippen molar-refractivity contribution in [1.29, 1.82) is 0 Å². The summed E-state index contributed by atoms with van der Waals surface area (Å²) in [5.41, 5.74) is 6.03. The van der Waals surface area contributed by atoms with E-state index in [9.17, 15) is 4.79 Å². The van der Waals surface area contributed by atoms with Crippen LogP contribution in [0.25, 0.3) is 0 Å². The van der Waals surface area contributed by atoms with Gasteiger partial charge in [-0.15, -0.1) is 0 Å². The SMILES string of the molecule is Nc1ccc(C(=O)NCCN2CCSCC2)cn1. The van der Waals surface area contributed by atoms with Crippen LogP contribution in [0.2, 0.25) is 0 Å². The quantitative estimate of drug-likeness (QED) is 0.827. The van der Waals surface area contributed by atoms with Crippen LogP contribution in [0.3, 0.4) is 0 Å². The van der Waals surface area contributed by atoms with Crippen molar-refractivity contribution in [1.82, 2.24) is 15.2 Å². The standard InChI is InChI=1S/C12H18N4OS/c13-11-2-1-10(9-15-11)12(17)14-3-4-16-5-7-18-8-6-16/h1-2,9H,3-8H2,(H2,13,15)(H,14,17). The number of rotatable bonds is 4. The van der Waals surface area contributed by atoms with Gasteiger partial charge in [0.05, 0.1) is 5.56 Å². The number of anilines is 1. The molecular weight excluding hydrogens is 248 g/mol. The molecule has 1 aliphatic heterocycles. The van der Waals surface area contributed by atoms with E-state index in [1.165, 1.54) is 17.7 Å². The van der Waals surface area contributed by atoms with E-state index < -0.39 is 0 Å². The maximum atomic E-state index is 11.8. The predicted octanol–water partition coefficient (Wildman–Crippen LogP) is 0.442. The summed E-state index contributed by atoms with van der Waals surface area (Å²) in [5, 5.41) is 2.90. The second kappa shape index (κ2) is 6.61. The molecule has 2 rings (SSSR count). The first kappa shape index (κ1) is 13.2. The van der Waals surface area contributed by atoms with Crippen LogP contribution in [0.1, 0.15) is 10.4 Å². The molecule has 0 atom stereocenters. The lowest BCUT2D eigenvalue weighted by atomic mass is 10.2. The highest BCUT2D eigenvalue weighted by atomic mass is 32.2. The molecule has 1 aromatic rings. The van der Waals surface area contributed by atoms with Gasteiger partial charge < -0.3 is 11.1 Å². The molecule has 0 aliphatic carbocycles. The van der Waals surface area contributed by atoms with Crippen molar-refractivity contribution >= 4 is 23.5 Å². The van der Waals surface area contributed by atoms with Crippen LogP contribution in [0.15, 0.2) is 18.3 Å². The van der Waals surface area contributed by atoms with E-state index in [0.717, 1.165) is 19.6 Å². The number of carbonyl (C=O) groups is 1. The molecule has 0 bridgehead atoms. The van der Waals surface area contributed by atoms with Crippen molar-refractivity contribution in [3.63, 3.8) is 0 Å². The molecular formula is C12H18N4OS. The van der Waals surface area contributed by atoms with Gasteiger partial charge in [-0.25, -0.2) is 4.98 Å². The van der Waals surface area contributed by atoms with Crippen molar-refractivity contribution in [3.8, 4) is 0 Å². The second-order valence-electron chi connectivity index (χ2n) is 4.18. The molecule has 0 unspecified atom stereocenters. The van der Waals surface area contributed by atoms with Crippen molar-refractivity contribution in [2.24, 2.45) is 0 Å². The molecule has 5 nitrogen and oxygen atoms in total. The molecule has 0 radical (unpaired) electrons. The van der Waals surface area contributed by atoms with E-state index >= 15 is 0 Å². The Morgan fingerprint density at radius 2 is 2.22 bits per heavy atom. The first-order chi connectivity index (χ1) is 8.75. The minimum absolute atomic E-state index is 0.0890. The third-order valence-electron chi connectivity index (χ3n) is 2.87. The summed E-state index contributed by atoms with van der Waals surface area (Å²) in [7, 11) is 0. The second-order valence-corrected chi connectivity index (χ2v) is 5.41. The first-order valence-electron chi connectivity index (χ1n) is 6.05. The Kier molecular flexibility index (Phi) is 4.83. The zero-order chi connectivity index (χ0) is 12.8. The smallest absolute Gasteiger partial charge is 0.252 e. The summed E-state index contributed by atoms with van der Waals surface area (Å²) in [5.74, 6) is 2.72. The molecule has 0 spiro atoms. The van der Waals surface area contributed by atoms with Crippen molar-refractivity contribution in [2.45, 2.75) is 0 Å². The number of nitrogens with zero attached hydrogens (tertiary/aromatic N) is 2. The number of nitrogens with two attached hydrogens (primary N) is 1. The number of thioether (sulfide) groups is 1. The van der Waals surface area contributed by atoms with E-state index in [4.69, 9.17) is 5.73 Å². The minimum Gasteiger partial charge on any atom is -0.384 e. The number of amides is 1. The monoisotopic (exact) mass is 266 g/mol. The molecule has 98 valence electrons. The summed E-state index contributed by atoms with van der Waals surface area (Å²) >= 11 is 1.99. The van der Waals surface area contributed by atoms with Crippen LogP contribution in [-0.2, 0) is 0 Å². The lowest BCUT2D eigenvalue weighted by molar-refractivity contribution is 0.0948. The summed E-state index contributed by atoms with van der Waals surface area (Å²) in [6.07, 6.45) is 1.50. The van der Waals surface area contributed by atoms with Gasteiger partial charge in [0.25, 0.3) is 5.91 Å². The van der Waals surface area contributed by atoms with Gasteiger partial charge in [-0.05, 0) is 12.1 Å². The van der Waals surface area contributed by atoms with Crippen molar-refractivity contribution in [3.05, 3.63) is 23.9 Å². The van der Waals surface area contributed by atoms with E-state index in [1.54, 1.807) is 12.1 Å². The van der Waals surface area contributed by atoms with Crippen LogP contribution < -0.4 is 11.1 Å². The summed E-state index contributed by atoms with van der Waals surface area (Å²) in [4.78, 5) is 18.1. The van der Waals surface area contributed by atoms with E-state index in [0.29, 0.717) is 17.9 Å². The zero-order valence-corrected chi connectivity index (χ0v) is 11.1. The third kappa shape index (κ3) is 3.89. The van der Waals surface area contributed by atoms with E-state index in [2.05, 4.69) is 15.2 Å². The molecule has 0 saturated carbocycles. The number of carbonyl (C=O) groups excluding carboxylic acids is 1. The number of pyridine rings is 1. The van der Waals surface area contributed by atoms with Gasteiger partial charge in [0.1, 0.15) is 5.82 Å². The van der Waals surface area contributed by atoms with E-state index in [-0.39, 0.29) is 5.91 Å². The molecule has 6 heteroatoms. The molecule has 1 aromatic heterocycles. The van der Waals surface area contributed by atoms with Crippen molar-refractivity contribution < 1.29 is 4.79 Å². The molecule has 1 fully saturated rings. The van der Waals surface area contributed by atoms with Gasteiger partial charge in [-0.2, -0.15) is 11.8 Å². The number of nitrogen functional groups attached to an aromatic ring is 1. The molecule has 1 aliphatic rings. The molecule has 0 aromatic carbocycles. The van der Waals surface area contributed by atoms with Gasteiger partial charge in [0.15, 0.2) is 0 Å². The molecule has 1 amide bonds. The lowest BCUT2D eigenvalue weighted by Crippen LogP contribution is -2.39. The lowest BCUT2D eigenvalue weighted by Gasteiger charge is -2.25. The van der Waals surface area contributed by atoms with Gasteiger partial charge in [0.2, 0.25) is 0 Å². The first-order valence-corrected chi connectivity index (χ1v) is 7.21. The number of aromatic nitrogens is 1. The molecule has 18 heavy (non-hydrogen) atoms. The number of hydrogen-bond donors (Lipinski definition) is 2. The number of nitrogens with one attached hydrogen (secondary N) is 1. The summed E-state index contributed by atoms with van der Waals surface area (Å²) in [6, 6.07) is 3.33. The normalized spacial score (nSPS) is 16.4. The summed E-state index contributed by atoms with van der Waals surface area (Å²) in [6.45, 7) is 3.82. The average molecular weight is 266 g/mol. The third-order valence-corrected chi connectivity index (χ3v) is 3.81. The van der Waals surface area contributed by atoms with Crippen LogP contribution in [0.4, 0.5) is 5.82 Å². The Balaban J connectivity index is 1.72. The molecule has 1 saturated heterocycles. The minimum atomic E-state index is -0.0890. The topological polar surface area (TPSA) is 71.2 Å². The molecule has 3 N–H and O–H groups in total. The van der Waals surface area contributed by atoms with E-state index in [1.807, 2.05) is 11.8 Å². The highest BCUT2D eigenvalue weighted by molar-refractivity contribution is 7.99. The Morgan fingerprint density at radius 3 is 2.89 bits per heavy atom. The maximum absolute atomic E-state index is 11.8. The van der Waals surface area contributed by atoms with Crippen molar-refractivity contribution in [2.75, 3.05) is 43.4 Å².